The molecule has 6 heterocycles. The molecule has 0 unspecified atom stereocenters. The van der Waals surface area contributed by atoms with Crippen LogP contribution in [-0.4, -0.2) is 102 Å². The fourth-order valence-corrected chi connectivity index (χ4v) is 9.64. The molecule has 5 atom stereocenters. The van der Waals surface area contributed by atoms with Crippen molar-refractivity contribution in [2.24, 2.45) is 11.8 Å². The molecule has 314 valence electrons. The highest BCUT2D eigenvalue weighted by Gasteiger charge is 2.43. The number of β-amino-alcohol motifs (C(OH)–C–C–N with tert-alkyl or cyclic N) is 1. The van der Waals surface area contributed by atoms with Crippen LogP contribution in [0.5, 0.6) is 11.6 Å². The molecule has 0 saturated carbocycles. The van der Waals surface area contributed by atoms with E-state index in [4.69, 9.17) is 20.9 Å². The second-order valence-electron chi connectivity index (χ2n) is 16.2. The van der Waals surface area contributed by atoms with Crippen molar-refractivity contribution in [3.63, 3.8) is 0 Å². The van der Waals surface area contributed by atoms with Crippen LogP contribution in [0.4, 0.5) is 0 Å². The Kier molecular flexibility index (Phi) is 12.2. The average molecular weight is 853 g/mol. The van der Waals surface area contributed by atoms with Gasteiger partial charge in [0, 0.05) is 61.2 Å². The molecule has 6 aromatic rings. The number of aromatic hydroxyl groups is 1. The molecule has 0 bridgehead atoms. The SMILES string of the molecule is Cc1ncsc1-c1ccc(CNC(=O)[C@@H]2C[C@@H](O)CN2C(=O)[C@@H](c2cc(OCCN3CC[C@@H]([C@H](C)c4[nH]c5nnc(-c6ccccc6O)cc5c4Cl)C3)no2)C(C)C)cc1. The maximum absolute atomic E-state index is 14.1. The molecule has 16 heteroatoms. The first-order valence-corrected chi connectivity index (χ1v) is 21.6. The Labute approximate surface area is 356 Å². The summed E-state index contributed by atoms with van der Waals surface area (Å²) in [4.78, 5) is 40.2. The average Bonchev–Trinajstić information content (AvgIpc) is 4.10. The molecule has 2 fully saturated rings. The molecule has 0 radical (unpaired) electrons. The lowest BCUT2D eigenvalue weighted by atomic mass is 9.90. The molecular weight excluding hydrogens is 804 g/mol. The van der Waals surface area contributed by atoms with Gasteiger partial charge >= 0.3 is 0 Å². The Morgan fingerprint density at radius 2 is 1.90 bits per heavy atom. The van der Waals surface area contributed by atoms with Crippen molar-refractivity contribution in [1.82, 2.24) is 40.4 Å². The minimum Gasteiger partial charge on any atom is -0.507 e. The fourth-order valence-electron chi connectivity index (χ4n) is 8.47. The number of halogens is 1. The van der Waals surface area contributed by atoms with Crippen molar-refractivity contribution in [2.45, 2.75) is 71.1 Å². The summed E-state index contributed by atoms with van der Waals surface area (Å²) >= 11 is 8.52. The number of carbonyl (C=O) groups excluding carboxylic acids is 2. The van der Waals surface area contributed by atoms with Gasteiger partial charge < -0.3 is 34.7 Å². The van der Waals surface area contributed by atoms with Gasteiger partial charge in [-0.1, -0.05) is 68.8 Å². The van der Waals surface area contributed by atoms with Crippen LogP contribution in [0.2, 0.25) is 5.02 Å². The number of para-hydroxylation sites is 1. The number of nitrogens with one attached hydrogen (secondary N) is 2. The molecule has 0 aliphatic carbocycles. The maximum Gasteiger partial charge on any atom is 0.254 e. The van der Waals surface area contributed by atoms with Gasteiger partial charge in [0.15, 0.2) is 11.4 Å². The van der Waals surface area contributed by atoms with Crippen molar-refractivity contribution < 1.29 is 29.1 Å². The fraction of sp³-hybridized carbons (Fsp3) is 0.409. The number of carbonyl (C=O) groups is 2. The third kappa shape index (κ3) is 8.62. The largest absolute Gasteiger partial charge is 0.507 e. The number of aromatic nitrogens is 5. The number of fused-ring (bicyclic) bond motifs is 1. The monoisotopic (exact) mass is 852 g/mol. The third-order valence-corrected chi connectivity index (χ3v) is 13.3. The number of aliphatic hydroxyl groups is 1. The van der Waals surface area contributed by atoms with Crippen molar-refractivity contribution >= 4 is 45.8 Å². The van der Waals surface area contributed by atoms with E-state index in [-0.39, 0.29) is 48.2 Å². The van der Waals surface area contributed by atoms with Crippen LogP contribution >= 0.6 is 22.9 Å². The van der Waals surface area contributed by atoms with Crippen LogP contribution in [0.3, 0.4) is 0 Å². The van der Waals surface area contributed by atoms with Gasteiger partial charge in [-0.3, -0.25) is 14.5 Å². The van der Waals surface area contributed by atoms with Gasteiger partial charge in [-0.05, 0) is 66.2 Å². The number of benzene rings is 2. The van der Waals surface area contributed by atoms with Crippen molar-refractivity contribution in [3.05, 3.63) is 93.9 Å². The first-order chi connectivity index (χ1) is 28.9. The quantitative estimate of drug-likeness (QED) is 0.0892. The molecule has 2 aliphatic heterocycles. The van der Waals surface area contributed by atoms with E-state index in [1.807, 2.05) is 62.7 Å². The molecule has 4 aromatic heterocycles. The van der Waals surface area contributed by atoms with Gasteiger partial charge in [0.25, 0.3) is 5.88 Å². The number of amides is 2. The van der Waals surface area contributed by atoms with E-state index in [2.05, 4.69) is 42.5 Å². The molecule has 2 amide bonds. The zero-order valence-corrected chi connectivity index (χ0v) is 35.5. The number of ether oxygens (including phenoxy) is 1. The normalized spacial score (nSPS) is 19.3. The lowest BCUT2D eigenvalue weighted by Gasteiger charge is -2.28. The molecule has 0 spiro atoms. The van der Waals surface area contributed by atoms with E-state index < -0.39 is 18.1 Å². The molecule has 8 rings (SSSR count). The summed E-state index contributed by atoms with van der Waals surface area (Å²) in [6.45, 7) is 11.1. The zero-order chi connectivity index (χ0) is 42.1. The number of phenols is 1. The molecule has 2 saturated heterocycles. The molecule has 4 N–H and O–H groups in total. The van der Waals surface area contributed by atoms with E-state index in [1.165, 1.54) is 4.90 Å². The minimum absolute atomic E-state index is 0.0527. The highest BCUT2D eigenvalue weighted by molar-refractivity contribution is 7.13. The summed E-state index contributed by atoms with van der Waals surface area (Å²) in [6, 6.07) is 17.7. The predicted octanol–water partition coefficient (Wildman–Crippen LogP) is 6.93. The van der Waals surface area contributed by atoms with E-state index in [1.54, 1.807) is 35.6 Å². The van der Waals surface area contributed by atoms with Gasteiger partial charge in [-0.15, -0.1) is 21.5 Å². The summed E-state index contributed by atoms with van der Waals surface area (Å²) in [5.74, 6) is -0.273. The van der Waals surface area contributed by atoms with Gasteiger partial charge in [-0.2, -0.15) is 0 Å². The summed E-state index contributed by atoms with van der Waals surface area (Å²) in [5.41, 5.74) is 7.47. The Morgan fingerprint density at radius 1 is 1.10 bits per heavy atom. The molecule has 2 aliphatic rings. The summed E-state index contributed by atoms with van der Waals surface area (Å²) in [6.07, 6.45) is 0.316. The number of aliphatic hydroxyl groups excluding tert-OH is 1. The molecule has 14 nitrogen and oxygen atoms in total. The van der Waals surface area contributed by atoms with Gasteiger partial charge in [0.2, 0.25) is 11.8 Å². The Balaban J connectivity index is 0.840. The van der Waals surface area contributed by atoms with E-state index in [0.717, 1.165) is 52.3 Å². The van der Waals surface area contributed by atoms with Crippen LogP contribution < -0.4 is 10.1 Å². The van der Waals surface area contributed by atoms with Crippen LogP contribution in [0.25, 0.3) is 32.7 Å². The minimum atomic E-state index is -0.820. The second-order valence-corrected chi connectivity index (χ2v) is 17.4. The van der Waals surface area contributed by atoms with Gasteiger partial charge in [0.05, 0.1) is 32.9 Å². The van der Waals surface area contributed by atoms with Gasteiger partial charge in [-0.25, -0.2) is 4.98 Å². The number of hydrogen-bond donors (Lipinski definition) is 4. The lowest BCUT2D eigenvalue weighted by molar-refractivity contribution is -0.141. The van der Waals surface area contributed by atoms with Gasteiger partial charge in [0.1, 0.15) is 24.3 Å². The van der Waals surface area contributed by atoms with E-state index in [0.29, 0.717) is 53.3 Å². The van der Waals surface area contributed by atoms with Crippen LogP contribution in [0, 0.1) is 18.8 Å². The number of aromatic amines is 1. The second kappa shape index (κ2) is 17.7. The summed E-state index contributed by atoms with van der Waals surface area (Å²) in [7, 11) is 0. The number of likely N-dealkylation sites (tertiary alicyclic amines) is 2. The molecular formula is C44H49ClN8O6S. The Morgan fingerprint density at radius 3 is 2.65 bits per heavy atom. The zero-order valence-electron chi connectivity index (χ0n) is 34.0. The summed E-state index contributed by atoms with van der Waals surface area (Å²) < 4.78 is 11.7. The van der Waals surface area contributed by atoms with Crippen molar-refractivity contribution in [2.75, 3.05) is 32.8 Å². The maximum atomic E-state index is 14.1. The first-order valence-electron chi connectivity index (χ1n) is 20.4. The Hall–Kier alpha value is -5.35. The number of H-pyrrole nitrogens is 1. The van der Waals surface area contributed by atoms with Crippen LogP contribution in [0.15, 0.2) is 70.7 Å². The topological polar surface area (TPSA) is 183 Å². The highest BCUT2D eigenvalue weighted by Crippen LogP contribution is 2.40. The van der Waals surface area contributed by atoms with Crippen molar-refractivity contribution in [3.8, 4) is 33.3 Å². The lowest BCUT2D eigenvalue weighted by Crippen LogP contribution is -2.48. The first kappa shape index (κ1) is 41.4. The van der Waals surface area contributed by atoms with Crippen molar-refractivity contribution in [1.29, 1.82) is 0 Å². The number of aryl methyl sites for hydroxylation is 1. The smallest absolute Gasteiger partial charge is 0.254 e. The Bertz CT molecular complexity index is 2470. The highest BCUT2D eigenvalue weighted by atomic mass is 35.5. The molecule has 2 aromatic carbocycles. The molecule has 60 heavy (non-hydrogen) atoms. The number of phenolic OH excluding ortho intramolecular Hbond substituents is 1. The van der Waals surface area contributed by atoms with E-state index >= 15 is 0 Å². The number of nitrogens with zero attached hydrogens (tertiary/aromatic N) is 6. The number of thiazole rings is 1. The van der Waals surface area contributed by atoms with E-state index in [9.17, 15) is 19.8 Å². The number of rotatable bonds is 14. The number of hydrogen-bond acceptors (Lipinski definition) is 12. The van der Waals surface area contributed by atoms with Crippen LogP contribution in [-0.2, 0) is 16.1 Å². The predicted molar refractivity (Wildman–Crippen MR) is 229 cm³/mol. The standard InChI is InChI=1S/C44H49ClN8O6S/c1-24(2)38(44(57)53-22-30(54)17-34(53)43(56)46-20-27-9-11-28(12-10-27)41-26(4)47-23-60-41)36-19-37(51-59-36)58-16-15-52-14-13-29(21-52)25(3)40-39(45)32-18-33(49-50-42(32)48-40)31-7-5-6-8-35(31)55/h5-12,18-19,23-25,29-30,34,38,54-55H,13-17,20-22H2,1-4H3,(H,46,56)(H,48,50)/t25-,29+,30+,34-,38+/m0/s1. The van der Waals surface area contributed by atoms with Crippen LogP contribution in [0.1, 0.15) is 68.2 Å². The summed E-state index contributed by atoms with van der Waals surface area (Å²) in [5, 5.41) is 38.1. The third-order valence-electron chi connectivity index (χ3n) is 11.9.